The zero-order chi connectivity index (χ0) is 24.5. The van der Waals surface area contributed by atoms with Crippen LogP contribution in [0.5, 0.6) is 5.75 Å². The highest BCUT2D eigenvalue weighted by Gasteiger charge is 2.35. The first kappa shape index (κ1) is 24.0. The number of piperazine rings is 1. The van der Waals surface area contributed by atoms with E-state index in [4.69, 9.17) is 4.74 Å². The molecule has 0 aliphatic carbocycles. The lowest BCUT2D eigenvalue weighted by Gasteiger charge is -2.39. The van der Waals surface area contributed by atoms with Gasteiger partial charge in [-0.1, -0.05) is 0 Å². The average Bonchev–Trinajstić information content (AvgIpc) is 3.15. The van der Waals surface area contributed by atoms with E-state index in [0.29, 0.717) is 17.5 Å². The van der Waals surface area contributed by atoms with Crippen LogP contribution >= 0.6 is 0 Å². The molecule has 3 heterocycles. The van der Waals surface area contributed by atoms with Crippen LogP contribution in [0.2, 0.25) is 0 Å². The number of alkyl halides is 3. The summed E-state index contributed by atoms with van der Waals surface area (Å²) in [6.07, 6.45) is -2.43. The summed E-state index contributed by atoms with van der Waals surface area (Å²) < 4.78 is 48.8. The monoisotopic (exact) mass is 472 g/mol. The minimum Gasteiger partial charge on any atom is -0.493 e. The third-order valence-corrected chi connectivity index (χ3v) is 5.93. The van der Waals surface area contributed by atoms with E-state index in [1.165, 1.54) is 18.5 Å². The van der Waals surface area contributed by atoms with E-state index >= 15 is 0 Å². The van der Waals surface area contributed by atoms with E-state index in [1.54, 1.807) is 17.7 Å². The Hall–Kier alpha value is -3.16. The van der Waals surface area contributed by atoms with Crippen LogP contribution in [0.4, 0.5) is 13.2 Å². The van der Waals surface area contributed by atoms with Crippen molar-refractivity contribution >= 4 is 11.0 Å². The normalized spacial score (nSPS) is 16.5. The van der Waals surface area contributed by atoms with Gasteiger partial charge < -0.3 is 19.5 Å². The van der Waals surface area contributed by atoms with Crippen LogP contribution in [0, 0.1) is 11.3 Å². The second-order valence-corrected chi connectivity index (χ2v) is 9.19. The maximum Gasteiger partial charge on any atom is 0.419 e. The molecule has 1 fully saturated rings. The second kappa shape index (κ2) is 9.24. The molecule has 1 saturated heterocycles. The van der Waals surface area contributed by atoms with E-state index in [0.717, 1.165) is 32.2 Å². The Labute approximate surface area is 196 Å². The van der Waals surface area contributed by atoms with Crippen molar-refractivity contribution < 1.29 is 17.9 Å². The number of nitrogens with one attached hydrogen (secondary N) is 1. The highest BCUT2D eigenvalue weighted by molar-refractivity contribution is 5.84. The van der Waals surface area contributed by atoms with Gasteiger partial charge in [0.05, 0.1) is 29.7 Å². The van der Waals surface area contributed by atoms with Gasteiger partial charge in [0.1, 0.15) is 17.3 Å². The fourth-order valence-electron chi connectivity index (χ4n) is 4.30. The fraction of sp³-hybridized carbons (Fsp3) is 0.458. The van der Waals surface area contributed by atoms with E-state index in [-0.39, 0.29) is 34.8 Å². The Morgan fingerprint density at radius 1 is 1.26 bits per heavy atom. The molecule has 1 aliphatic heterocycles. The number of aromatic nitrogens is 3. The van der Waals surface area contributed by atoms with Crippen molar-refractivity contribution in [1.82, 2.24) is 24.8 Å². The third kappa shape index (κ3) is 5.16. The standard InChI is InChI=1S/C24H27F3N6O/c1-23(2)14-33(9-7-30-23)8-4-10-34-21-6-5-16(11-17(21)24(25,26)27)18-12-20-22(19(13-28)31-18)29-15-32(20)3/h5-6,11-12,15,30H,4,7-10,14H2,1-3H3. The molecule has 0 radical (unpaired) electrons. The van der Waals surface area contributed by atoms with Gasteiger partial charge in [-0.15, -0.1) is 0 Å². The van der Waals surface area contributed by atoms with Crippen LogP contribution in [0.1, 0.15) is 31.5 Å². The van der Waals surface area contributed by atoms with Gasteiger partial charge in [-0.2, -0.15) is 18.4 Å². The quantitative estimate of drug-likeness (QED) is 0.547. The molecule has 0 bridgehead atoms. The number of imidazole rings is 1. The Morgan fingerprint density at radius 2 is 2.06 bits per heavy atom. The lowest BCUT2D eigenvalue weighted by atomic mass is 10.0. The first-order chi connectivity index (χ1) is 16.1. The second-order valence-electron chi connectivity index (χ2n) is 9.19. The molecule has 1 aromatic carbocycles. The molecule has 180 valence electrons. The van der Waals surface area contributed by atoms with Gasteiger partial charge in [-0.05, 0) is 44.5 Å². The van der Waals surface area contributed by atoms with Crippen molar-refractivity contribution in [2.45, 2.75) is 32.0 Å². The van der Waals surface area contributed by atoms with Gasteiger partial charge >= 0.3 is 6.18 Å². The molecular formula is C24H27F3N6O. The van der Waals surface area contributed by atoms with Crippen molar-refractivity contribution in [3.63, 3.8) is 0 Å². The Morgan fingerprint density at radius 3 is 2.76 bits per heavy atom. The number of aryl methyl sites for hydroxylation is 1. The van der Waals surface area contributed by atoms with Crippen molar-refractivity contribution in [2.75, 3.05) is 32.8 Å². The van der Waals surface area contributed by atoms with Crippen LogP contribution in [0.3, 0.4) is 0 Å². The number of benzene rings is 1. The molecule has 1 N–H and O–H groups in total. The molecule has 3 aromatic rings. The van der Waals surface area contributed by atoms with Gasteiger partial charge in [0.25, 0.3) is 0 Å². The summed E-state index contributed by atoms with van der Waals surface area (Å²) in [6.45, 7) is 7.89. The highest BCUT2D eigenvalue weighted by Crippen LogP contribution is 2.39. The minimum absolute atomic E-state index is 0.0241. The Balaban J connectivity index is 1.53. The SMILES string of the molecule is Cn1cnc2c(C#N)nc(-c3ccc(OCCCN4CCNC(C)(C)C4)c(C(F)(F)F)c3)cc21. The summed E-state index contributed by atoms with van der Waals surface area (Å²) in [5, 5.41) is 12.9. The van der Waals surface area contributed by atoms with Crippen LogP contribution in [0.25, 0.3) is 22.3 Å². The average molecular weight is 473 g/mol. The summed E-state index contributed by atoms with van der Waals surface area (Å²) in [5.74, 6) is -0.209. The van der Waals surface area contributed by atoms with E-state index in [2.05, 4.69) is 34.0 Å². The first-order valence-electron chi connectivity index (χ1n) is 11.1. The smallest absolute Gasteiger partial charge is 0.419 e. The zero-order valence-electron chi connectivity index (χ0n) is 19.4. The summed E-state index contributed by atoms with van der Waals surface area (Å²) in [7, 11) is 1.75. The zero-order valence-corrected chi connectivity index (χ0v) is 19.4. The Bertz CT molecular complexity index is 1230. The summed E-state index contributed by atoms with van der Waals surface area (Å²) in [5.41, 5.74) is 0.783. The summed E-state index contributed by atoms with van der Waals surface area (Å²) >= 11 is 0. The molecule has 10 heteroatoms. The molecule has 1 aliphatic rings. The van der Waals surface area contributed by atoms with E-state index < -0.39 is 11.7 Å². The minimum atomic E-state index is -4.59. The van der Waals surface area contributed by atoms with E-state index in [1.807, 2.05) is 6.07 Å². The fourth-order valence-corrected chi connectivity index (χ4v) is 4.30. The number of fused-ring (bicyclic) bond motifs is 1. The molecule has 7 nitrogen and oxygen atoms in total. The molecule has 0 atom stereocenters. The molecule has 0 unspecified atom stereocenters. The van der Waals surface area contributed by atoms with Crippen LogP contribution in [-0.2, 0) is 13.2 Å². The summed E-state index contributed by atoms with van der Waals surface area (Å²) in [4.78, 5) is 10.7. The molecule has 4 rings (SSSR count). The van der Waals surface area contributed by atoms with Crippen LogP contribution < -0.4 is 10.1 Å². The number of rotatable bonds is 6. The van der Waals surface area contributed by atoms with Gasteiger partial charge in [-0.25, -0.2) is 9.97 Å². The van der Waals surface area contributed by atoms with Gasteiger partial charge in [0, 0.05) is 44.3 Å². The maximum atomic E-state index is 13.9. The molecule has 34 heavy (non-hydrogen) atoms. The van der Waals surface area contributed by atoms with Crippen molar-refractivity contribution in [3.05, 3.63) is 41.9 Å². The number of halogens is 3. The summed E-state index contributed by atoms with van der Waals surface area (Å²) in [6, 6.07) is 7.50. The third-order valence-electron chi connectivity index (χ3n) is 5.93. The van der Waals surface area contributed by atoms with Gasteiger partial charge in [0.15, 0.2) is 5.69 Å². The molecule has 0 spiro atoms. The van der Waals surface area contributed by atoms with Crippen molar-refractivity contribution in [3.8, 4) is 23.1 Å². The molecule has 0 saturated carbocycles. The first-order valence-corrected chi connectivity index (χ1v) is 11.1. The van der Waals surface area contributed by atoms with Crippen molar-refractivity contribution in [2.24, 2.45) is 7.05 Å². The van der Waals surface area contributed by atoms with Gasteiger partial charge in [0.2, 0.25) is 0 Å². The predicted octanol–water partition coefficient (Wildman–Crippen LogP) is 3.98. The highest BCUT2D eigenvalue weighted by atomic mass is 19.4. The van der Waals surface area contributed by atoms with Crippen molar-refractivity contribution in [1.29, 1.82) is 5.26 Å². The van der Waals surface area contributed by atoms with Gasteiger partial charge in [-0.3, -0.25) is 0 Å². The van der Waals surface area contributed by atoms with Crippen LogP contribution in [0.15, 0.2) is 30.6 Å². The number of pyridine rings is 1. The molecule has 0 amide bonds. The Kier molecular flexibility index (Phi) is 6.51. The largest absolute Gasteiger partial charge is 0.493 e. The van der Waals surface area contributed by atoms with Crippen LogP contribution in [-0.4, -0.2) is 57.8 Å². The molecular weight excluding hydrogens is 445 g/mol. The number of ether oxygens (including phenoxy) is 1. The molecule has 2 aromatic heterocycles. The maximum absolute atomic E-state index is 13.9. The number of hydrogen-bond acceptors (Lipinski definition) is 6. The predicted molar refractivity (Wildman–Crippen MR) is 122 cm³/mol. The number of hydrogen-bond donors (Lipinski definition) is 1. The number of nitriles is 1. The lowest BCUT2D eigenvalue weighted by Crippen LogP contribution is -2.57. The van der Waals surface area contributed by atoms with E-state index in [9.17, 15) is 18.4 Å². The topological polar surface area (TPSA) is 79.0 Å². The lowest BCUT2D eigenvalue weighted by molar-refractivity contribution is -0.138. The number of nitrogens with zero attached hydrogens (tertiary/aromatic N) is 5.